The number of carbonyl (C=O) groups is 2. The molecule has 1 aromatic carbocycles. The molecule has 1 aliphatic rings. The van der Waals surface area contributed by atoms with Gasteiger partial charge in [-0.25, -0.2) is 4.39 Å². The topological polar surface area (TPSA) is 62.3 Å². The molecule has 0 bridgehead atoms. The molecule has 1 saturated carbocycles. The number of nitrogens with zero attached hydrogens (tertiary/aromatic N) is 2. The highest BCUT2D eigenvalue weighted by atomic mass is 19.1. The van der Waals surface area contributed by atoms with Crippen molar-refractivity contribution in [2.45, 2.75) is 31.7 Å². The first-order chi connectivity index (χ1) is 12.9. The Kier molecular flexibility index (Phi) is 5.84. The van der Waals surface area contributed by atoms with Gasteiger partial charge in [-0.1, -0.05) is 12.1 Å². The predicted molar refractivity (Wildman–Crippen MR) is 102 cm³/mol. The Bertz CT molecular complexity index is 812. The number of pyridine rings is 1. The van der Waals surface area contributed by atoms with Gasteiger partial charge in [0.15, 0.2) is 0 Å². The molecule has 142 valence electrons. The molecule has 0 aliphatic heterocycles. The van der Waals surface area contributed by atoms with E-state index in [-0.39, 0.29) is 29.6 Å². The molecule has 2 aromatic rings. The lowest BCUT2D eigenvalue weighted by Gasteiger charge is -2.29. The maximum absolute atomic E-state index is 13.3. The van der Waals surface area contributed by atoms with Crippen molar-refractivity contribution >= 4 is 11.8 Å². The van der Waals surface area contributed by atoms with Crippen LogP contribution in [-0.4, -0.2) is 41.8 Å². The minimum absolute atomic E-state index is 0.0559. The normalized spacial score (nSPS) is 19.4. The van der Waals surface area contributed by atoms with Crippen molar-refractivity contribution in [1.82, 2.24) is 15.2 Å². The molecule has 5 nitrogen and oxygen atoms in total. The van der Waals surface area contributed by atoms with Crippen molar-refractivity contribution < 1.29 is 14.0 Å². The van der Waals surface area contributed by atoms with E-state index in [1.165, 1.54) is 18.3 Å². The fourth-order valence-electron chi connectivity index (χ4n) is 3.47. The molecule has 0 spiro atoms. The van der Waals surface area contributed by atoms with E-state index in [1.807, 2.05) is 0 Å². The Morgan fingerprint density at radius 1 is 1.11 bits per heavy atom. The van der Waals surface area contributed by atoms with E-state index in [4.69, 9.17) is 0 Å². The lowest BCUT2D eigenvalue weighted by atomic mass is 9.85. The van der Waals surface area contributed by atoms with Crippen LogP contribution in [0.2, 0.25) is 0 Å². The number of amides is 2. The van der Waals surface area contributed by atoms with Crippen LogP contribution in [0.3, 0.4) is 0 Å². The molecular weight excluding hydrogens is 345 g/mol. The summed E-state index contributed by atoms with van der Waals surface area (Å²) in [6.07, 6.45) is 4.68. The highest BCUT2D eigenvalue weighted by Crippen LogP contribution is 2.26. The number of nitrogens with one attached hydrogen (secondary N) is 1. The van der Waals surface area contributed by atoms with Gasteiger partial charge < -0.3 is 10.2 Å². The van der Waals surface area contributed by atoms with Crippen LogP contribution >= 0.6 is 0 Å². The number of hydrogen-bond donors (Lipinski definition) is 1. The number of rotatable bonds is 4. The second-order valence-corrected chi connectivity index (χ2v) is 7.20. The number of halogens is 1. The largest absolute Gasteiger partial charge is 0.349 e. The lowest BCUT2D eigenvalue weighted by molar-refractivity contribution is -0.134. The first-order valence-corrected chi connectivity index (χ1v) is 9.18. The van der Waals surface area contributed by atoms with E-state index in [0.29, 0.717) is 16.8 Å². The smallest absolute Gasteiger partial charge is 0.253 e. The summed E-state index contributed by atoms with van der Waals surface area (Å²) in [5.74, 6) is -0.271. The second kappa shape index (κ2) is 8.29. The number of benzene rings is 1. The van der Waals surface area contributed by atoms with E-state index in [9.17, 15) is 14.0 Å². The summed E-state index contributed by atoms with van der Waals surface area (Å²) in [4.78, 5) is 30.4. The molecule has 6 heteroatoms. The van der Waals surface area contributed by atoms with Gasteiger partial charge in [0.1, 0.15) is 5.82 Å². The van der Waals surface area contributed by atoms with Crippen LogP contribution in [0.25, 0.3) is 11.3 Å². The summed E-state index contributed by atoms with van der Waals surface area (Å²) in [7, 11) is 3.55. The standard InChI is InChI=1S/C21H24FN3O2/c1-25(2)21(27)14-6-9-18(10-7-14)24-20(26)16-8-11-19(23-13-16)15-4-3-5-17(22)12-15/h3-5,8,11-14,18H,6-7,9-10H2,1-2H3,(H,24,26)/t14-,18-. The Labute approximate surface area is 158 Å². The molecule has 3 rings (SSSR count). The fraction of sp³-hybridized carbons (Fsp3) is 0.381. The van der Waals surface area contributed by atoms with Crippen molar-refractivity contribution in [3.63, 3.8) is 0 Å². The summed E-state index contributed by atoms with van der Waals surface area (Å²) < 4.78 is 13.3. The first-order valence-electron chi connectivity index (χ1n) is 9.18. The van der Waals surface area contributed by atoms with Crippen LogP contribution in [0, 0.1) is 11.7 Å². The van der Waals surface area contributed by atoms with Gasteiger partial charge in [-0.15, -0.1) is 0 Å². The van der Waals surface area contributed by atoms with E-state index in [2.05, 4.69) is 10.3 Å². The first kappa shape index (κ1) is 19.0. The average Bonchev–Trinajstić information content (AvgIpc) is 2.68. The Hall–Kier alpha value is -2.76. The molecule has 1 aliphatic carbocycles. The minimum atomic E-state index is -0.320. The third-order valence-corrected chi connectivity index (χ3v) is 5.00. The Morgan fingerprint density at radius 2 is 1.85 bits per heavy atom. The van der Waals surface area contributed by atoms with Gasteiger partial charge in [0, 0.05) is 37.8 Å². The van der Waals surface area contributed by atoms with Crippen LogP contribution in [0.1, 0.15) is 36.0 Å². The van der Waals surface area contributed by atoms with Crippen LogP contribution < -0.4 is 5.32 Å². The lowest BCUT2D eigenvalue weighted by Crippen LogP contribution is -2.40. The maximum atomic E-state index is 13.3. The van der Waals surface area contributed by atoms with Gasteiger partial charge in [0.05, 0.1) is 11.3 Å². The third kappa shape index (κ3) is 4.70. The van der Waals surface area contributed by atoms with Gasteiger partial charge in [-0.05, 0) is 49.9 Å². The zero-order chi connectivity index (χ0) is 19.4. The van der Waals surface area contributed by atoms with Crippen LogP contribution in [0.4, 0.5) is 4.39 Å². The second-order valence-electron chi connectivity index (χ2n) is 7.20. The van der Waals surface area contributed by atoms with Crippen molar-refractivity contribution in [3.05, 3.63) is 54.0 Å². The molecule has 1 fully saturated rings. The molecule has 0 radical (unpaired) electrons. The molecular formula is C21H24FN3O2. The summed E-state index contributed by atoms with van der Waals surface area (Å²) in [6, 6.07) is 9.69. The van der Waals surface area contributed by atoms with Crippen molar-refractivity contribution in [2.24, 2.45) is 5.92 Å². The average molecular weight is 369 g/mol. The SMILES string of the molecule is CN(C)C(=O)[C@H]1CC[C@H](NC(=O)c2ccc(-c3cccc(F)c3)nc2)CC1. The van der Waals surface area contributed by atoms with Gasteiger partial charge in [-0.3, -0.25) is 14.6 Å². The Balaban J connectivity index is 1.57. The van der Waals surface area contributed by atoms with E-state index >= 15 is 0 Å². The summed E-state index contributed by atoms with van der Waals surface area (Å²) in [6.45, 7) is 0. The maximum Gasteiger partial charge on any atom is 0.253 e. The van der Waals surface area contributed by atoms with Crippen LogP contribution in [0.5, 0.6) is 0 Å². The Morgan fingerprint density at radius 3 is 2.44 bits per heavy atom. The molecule has 1 heterocycles. The van der Waals surface area contributed by atoms with E-state index in [0.717, 1.165) is 25.7 Å². The molecule has 0 saturated heterocycles. The molecule has 0 unspecified atom stereocenters. The zero-order valence-electron chi connectivity index (χ0n) is 15.6. The van der Waals surface area contributed by atoms with Crippen molar-refractivity contribution in [3.8, 4) is 11.3 Å². The molecule has 2 amide bonds. The predicted octanol–water partition coefficient (Wildman–Crippen LogP) is 3.26. The summed E-state index contributed by atoms with van der Waals surface area (Å²) >= 11 is 0. The van der Waals surface area contributed by atoms with E-state index < -0.39 is 0 Å². The summed E-state index contributed by atoms with van der Waals surface area (Å²) in [5, 5.41) is 3.03. The fourth-order valence-corrected chi connectivity index (χ4v) is 3.47. The zero-order valence-corrected chi connectivity index (χ0v) is 15.6. The number of aromatic nitrogens is 1. The molecule has 0 atom stereocenters. The van der Waals surface area contributed by atoms with Crippen molar-refractivity contribution in [1.29, 1.82) is 0 Å². The monoisotopic (exact) mass is 369 g/mol. The highest BCUT2D eigenvalue weighted by molar-refractivity contribution is 5.94. The van der Waals surface area contributed by atoms with Crippen LogP contribution in [0.15, 0.2) is 42.6 Å². The third-order valence-electron chi connectivity index (χ3n) is 5.00. The van der Waals surface area contributed by atoms with Gasteiger partial charge in [-0.2, -0.15) is 0 Å². The van der Waals surface area contributed by atoms with Crippen molar-refractivity contribution in [2.75, 3.05) is 14.1 Å². The highest BCUT2D eigenvalue weighted by Gasteiger charge is 2.28. The van der Waals surface area contributed by atoms with Gasteiger partial charge in [0.2, 0.25) is 5.91 Å². The van der Waals surface area contributed by atoms with E-state index in [1.54, 1.807) is 43.3 Å². The molecule has 1 aromatic heterocycles. The van der Waals surface area contributed by atoms with Crippen LogP contribution in [-0.2, 0) is 4.79 Å². The quantitative estimate of drug-likeness (QED) is 0.900. The minimum Gasteiger partial charge on any atom is -0.349 e. The van der Waals surface area contributed by atoms with Gasteiger partial charge >= 0.3 is 0 Å². The summed E-state index contributed by atoms with van der Waals surface area (Å²) in [5.41, 5.74) is 1.77. The number of hydrogen-bond acceptors (Lipinski definition) is 3. The number of carbonyl (C=O) groups excluding carboxylic acids is 2. The molecule has 27 heavy (non-hydrogen) atoms. The van der Waals surface area contributed by atoms with Gasteiger partial charge in [0.25, 0.3) is 5.91 Å². The molecule has 1 N–H and O–H groups in total.